The normalized spacial score (nSPS) is 11.6. The number of carbonyl (C=O) groups is 2. The molecule has 0 aliphatic heterocycles. The molecular weight excluding hydrogens is 410 g/mol. The molecule has 3 aromatic rings. The Balaban J connectivity index is 1.82. The quantitative estimate of drug-likeness (QED) is 0.454. The van der Waals surface area contributed by atoms with Crippen molar-refractivity contribution in [1.29, 1.82) is 0 Å². The summed E-state index contributed by atoms with van der Waals surface area (Å²) in [6, 6.07) is 15.0. The van der Waals surface area contributed by atoms with Crippen LogP contribution in [0, 0.1) is 6.92 Å². The van der Waals surface area contributed by atoms with E-state index in [4.69, 9.17) is 0 Å². The van der Waals surface area contributed by atoms with Crippen molar-refractivity contribution < 1.29 is 19.8 Å². The molecule has 0 unspecified atom stereocenters. The lowest BCUT2D eigenvalue weighted by Gasteiger charge is -2.19. The Hall–Kier alpha value is -4.07. The van der Waals surface area contributed by atoms with Gasteiger partial charge in [-0.05, 0) is 41.7 Å². The predicted octanol–water partition coefficient (Wildman–Crippen LogP) is 3.33. The standard InChI is InChI=1S/C24H25N3O5/c1-15-6-3-4-8-17(15)12-16-7-5-9-18(13-16)19(14-21(29)30)25-24(32)26-22-20(28)10-11-27(2)23(22)31/h3-11,13,19,28H,12,14H2,1-2H3,(H,29,30)(H2,25,26,32)/t19-/m1/s1. The van der Waals surface area contributed by atoms with Crippen molar-refractivity contribution in [2.45, 2.75) is 25.8 Å². The minimum Gasteiger partial charge on any atom is -0.505 e. The number of nitrogens with one attached hydrogen (secondary N) is 2. The summed E-state index contributed by atoms with van der Waals surface area (Å²) in [4.78, 5) is 36.1. The van der Waals surface area contributed by atoms with Gasteiger partial charge >= 0.3 is 12.0 Å². The summed E-state index contributed by atoms with van der Waals surface area (Å²) >= 11 is 0. The van der Waals surface area contributed by atoms with Crippen molar-refractivity contribution >= 4 is 17.7 Å². The maximum absolute atomic E-state index is 12.5. The number of aromatic nitrogens is 1. The minimum absolute atomic E-state index is 0.283. The Kier molecular flexibility index (Phi) is 6.94. The number of urea groups is 1. The molecular formula is C24H25N3O5. The molecule has 0 fully saturated rings. The van der Waals surface area contributed by atoms with E-state index in [1.54, 1.807) is 6.07 Å². The van der Waals surface area contributed by atoms with Crippen molar-refractivity contribution in [2.24, 2.45) is 7.05 Å². The van der Waals surface area contributed by atoms with Gasteiger partial charge in [0.25, 0.3) is 5.56 Å². The summed E-state index contributed by atoms with van der Waals surface area (Å²) in [5.41, 5.74) is 3.04. The number of benzene rings is 2. The maximum atomic E-state index is 12.5. The Morgan fingerprint density at radius 2 is 1.84 bits per heavy atom. The molecule has 166 valence electrons. The largest absolute Gasteiger partial charge is 0.505 e. The molecule has 0 bridgehead atoms. The summed E-state index contributed by atoms with van der Waals surface area (Å²) in [6.45, 7) is 2.03. The predicted molar refractivity (Wildman–Crippen MR) is 121 cm³/mol. The van der Waals surface area contributed by atoms with E-state index in [1.807, 2.05) is 49.4 Å². The number of aryl methyl sites for hydroxylation is 2. The zero-order chi connectivity index (χ0) is 23.3. The molecule has 0 spiro atoms. The Labute approximate surface area is 185 Å². The Morgan fingerprint density at radius 1 is 1.09 bits per heavy atom. The zero-order valence-electron chi connectivity index (χ0n) is 17.8. The fraction of sp³-hybridized carbons (Fsp3) is 0.208. The van der Waals surface area contributed by atoms with Gasteiger partial charge in [-0.1, -0.05) is 48.5 Å². The third-order valence-electron chi connectivity index (χ3n) is 5.18. The van der Waals surface area contributed by atoms with Crippen LogP contribution in [0.25, 0.3) is 0 Å². The van der Waals surface area contributed by atoms with Gasteiger partial charge in [-0.25, -0.2) is 4.79 Å². The molecule has 2 aromatic carbocycles. The van der Waals surface area contributed by atoms with Crippen molar-refractivity contribution in [2.75, 3.05) is 5.32 Å². The van der Waals surface area contributed by atoms with Gasteiger partial charge in [0.2, 0.25) is 0 Å². The van der Waals surface area contributed by atoms with Gasteiger partial charge in [-0.3, -0.25) is 9.59 Å². The molecule has 8 nitrogen and oxygen atoms in total. The second kappa shape index (κ2) is 9.82. The molecule has 0 aliphatic carbocycles. The smallest absolute Gasteiger partial charge is 0.319 e. The molecule has 1 atom stereocenters. The molecule has 2 amide bonds. The van der Waals surface area contributed by atoms with E-state index in [0.29, 0.717) is 12.0 Å². The topological polar surface area (TPSA) is 121 Å². The number of nitrogens with zero attached hydrogens (tertiary/aromatic N) is 1. The fourth-order valence-corrected chi connectivity index (χ4v) is 3.42. The summed E-state index contributed by atoms with van der Waals surface area (Å²) in [6.07, 6.45) is 1.69. The first-order valence-corrected chi connectivity index (χ1v) is 10.1. The summed E-state index contributed by atoms with van der Waals surface area (Å²) in [5.74, 6) is -1.46. The van der Waals surface area contributed by atoms with Crippen LogP contribution in [0.2, 0.25) is 0 Å². The van der Waals surface area contributed by atoms with Crippen LogP contribution in [0.15, 0.2) is 65.6 Å². The van der Waals surface area contributed by atoms with Crippen LogP contribution < -0.4 is 16.2 Å². The van der Waals surface area contributed by atoms with E-state index < -0.39 is 23.6 Å². The van der Waals surface area contributed by atoms with Gasteiger partial charge in [0.1, 0.15) is 5.75 Å². The van der Waals surface area contributed by atoms with Crippen LogP contribution >= 0.6 is 0 Å². The lowest BCUT2D eigenvalue weighted by Crippen LogP contribution is -2.36. The van der Waals surface area contributed by atoms with Crippen LogP contribution in [-0.2, 0) is 18.3 Å². The zero-order valence-corrected chi connectivity index (χ0v) is 17.8. The highest BCUT2D eigenvalue weighted by Gasteiger charge is 2.20. The van der Waals surface area contributed by atoms with Gasteiger partial charge in [0, 0.05) is 13.2 Å². The van der Waals surface area contributed by atoms with Gasteiger partial charge in [0.15, 0.2) is 5.69 Å². The molecule has 0 saturated carbocycles. The third kappa shape index (κ3) is 5.54. The first-order valence-electron chi connectivity index (χ1n) is 10.1. The molecule has 32 heavy (non-hydrogen) atoms. The number of rotatable bonds is 7. The number of carbonyl (C=O) groups excluding carboxylic acids is 1. The summed E-state index contributed by atoms with van der Waals surface area (Å²) < 4.78 is 1.21. The van der Waals surface area contributed by atoms with Gasteiger partial charge in [0.05, 0.1) is 12.5 Å². The molecule has 1 aromatic heterocycles. The van der Waals surface area contributed by atoms with Crippen LogP contribution in [0.5, 0.6) is 5.75 Å². The maximum Gasteiger partial charge on any atom is 0.319 e. The summed E-state index contributed by atoms with van der Waals surface area (Å²) in [7, 11) is 1.48. The number of amides is 2. The molecule has 4 N–H and O–H groups in total. The average molecular weight is 435 g/mol. The average Bonchev–Trinajstić information content (AvgIpc) is 2.75. The first-order chi connectivity index (χ1) is 15.2. The molecule has 0 radical (unpaired) electrons. The van der Waals surface area contributed by atoms with E-state index in [1.165, 1.54) is 23.9 Å². The van der Waals surface area contributed by atoms with Crippen LogP contribution in [0.1, 0.15) is 34.7 Å². The number of pyridine rings is 1. The highest BCUT2D eigenvalue weighted by Crippen LogP contribution is 2.22. The number of carboxylic acids is 1. The second-order valence-electron chi connectivity index (χ2n) is 7.59. The molecule has 0 saturated heterocycles. The van der Waals surface area contributed by atoms with E-state index in [0.717, 1.165) is 16.7 Å². The molecule has 0 aliphatic rings. The molecule has 8 heteroatoms. The van der Waals surface area contributed by atoms with Crippen LogP contribution in [-0.4, -0.2) is 26.8 Å². The highest BCUT2D eigenvalue weighted by molar-refractivity contribution is 5.91. The van der Waals surface area contributed by atoms with E-state index in [-0.39, 0.29) is 17.9 Å². The SMILES string of the molecule is Cc1ccccc1Cc1cccc([C@@H](CC(=O)O)NC(=O)Nc2c(O)ccn(C)c2=O)c1. The third-order valence-corrected chi connectivity index (χ3v) is 5.18. The minimum atomic E-state index is -1.09. The van der Waals surface area contributed by atoms with E-state index in [9.17, 15) is 24.6 Å². The summed E-state index contributed by atoms with van der Waals surface area (Å²) in [5, 5.41) is 24.2. The highest BCUT2D eigenvalue weighted by atomic mass is 16.4. The van der Waals surface area contributed by atoms with Gasteiger partial charge in [-0.15, -0.1) is 0 Å². The lowest BCUT2D eigenvalue weighted by molar-refractivity contribution is -0.137. The van der Waals surface area contributed by atoms with Crippen molar-refractivity contribution in [3.8, 4) is 5.75 Å². The first kappa shape index (κ1) is 22.6. The van der Waals surface area contributed by atoms with Crippen molar-refractivity contribution in [3.05, 3.63) is 93.4 Å². The van der Waals surface area contributed by atoms with E-state index >= 15 is 0 Å². The number of anilines is 1. The second-order valence-corrected chi connectivity index (χ2v) is 7.59. The fourth-order valence-electron chi connectivity index (χ4n) is 3.42. The van der Waals surface area contributed by atoms with Crippen LogP contribution in [0.3, 0.4) is 0 Å². The Bertz CT molecular complexity index is 1200. The molecule has 1 heterocycles. The number of hydrogen-bond acceptors (Lipinski definition) is 4. The van der Waals surface area contributed by atoms with Crippen molar-refractivity contribution in [1.82, 2.24) is 9.88 Å². The number of carboxylic acid groups (broad SMARTS) is 1. The monoisotopic (exact) mass is 435 g/mol. The number of hydrogen-bond donors (Lipinski definition) is 4. The van der Waals surface area contributed by atoms with Gasteiger partial charge < -0.3 is 25.4 Å². The lowest BCUT2D eigenvalue weighted by atomic mass is 9.96. The van der Waals surface area contributed by atoms with E-state index in [2.05, 4.69) is 10.6 Å². The van der Waals surface area contributed by atoms with Gasteiger partial charge in [-0.2, -0.15) is 0 Å². The van der Waals surface area contributed by atoms with Crippen LogP contribution in [0.4, 0.5) is 10.5 Å². The number of aliphatic carboxylic acids is 1. The number of aromatic hydroxyl groups is 1. The van der Waals surface area contributed by atoms with Crippen molar-refractivity contribution in [3.63, 3.8) is 0 Å². The Morgan fingerprint density at radius 3 is 2.56 bits per heavy atom. The molecule has 3 rings (SSSR count).